The number of carbonyl (C=O) groups is 1. The van der Waals surface area contributed by atoms with E-state index in [0.717, 1.165) is 37.5 Å². The van der Waals surface area contributed by atoms with Gasteiger partial charge in [-0.15, -0.1) is 11.3 Å². The van der Waals surface area contributed by atoms with Crippen molar-refractivity contribution in [1.29, 1.82) is 5.26 Å². The number of hydrogen-bond donors (Lipinski definition) is 1. The fraction of sp³-hybridized carbons (Fsp3) is 0.350. The quantitative estimate of drug-likeness (QED) is 0.671. The lowest BCUT2D eigenvalue weighted by Gasteiger charge is -2.09. The summed E-state index contributed by atoms with van der Waals surface area (Å²) in [6, 6.07) is 9.37. The molecular weight excluding hydrogens is 408 g/mol. The Bertz CT molecular complexity index is 1250. The number of sulfone groups is 1. The van der Waals surface area contributed by atoms with Crippen LogP contribution in [-0.2, 0) is 34.0 Å². The summed E-state index contributed by atoms with van der Waals surface area (Å²) < 4.78 is 25.8. The molecule has 2 aromatic heterocycles. The molecule has 1 aliphatic rings. The van der Waals surface area contributed by atoms with Gasteiger partial charge >= 0.3 is 0 Å². The Labute approximate surface area is 172 Å². The summed E-state index contributed by atoms with van der Waals surface area (Å²) in [5.74, 6) is -0.252. The van der Waals surface area contributed by atoms with Gasteiger partial charge < -0.3 is 9.88 Å². The van der Waals surface area contributed by atoms with Crippen LogP contribution < -0.4 is 5.32 Å². The molecule has 0 bridgehead atoms. The molecule has 1 N–H and O–H groups in total. The Morgan fingerprint density at radius 3 is 2.83 bits per heavy atom. The van der Waals surface area contributed by atoms with Crippen molar-refractivity contribution < 1.29 is 13.2 Å². The Morgan fingerprint density at radius 2 is 2.07 bits per heavy atom. The number of carbonyl (C=O) groups excluding carboxylic acids is 1. The number of anilines is 1. The Balaban J connectivity index is 1.56. The van der Waals surface area contributed by atoms with E-state index < -0.39 is 9.84 Å². The van der Waals surface area contributed by atoms with E-state index in [2.05, 4.69) is 16.4 Å². The number of nitrogens with zero attached hydrogens (tertiary/aromatic N) is 3. The second-order valence-electron chi connectivity index (χ2n) is 7.13. The van der Waals surface area contributed by atoms with Crippen molar-refractivity contribution in [2.75, 3.05) is 11.6 Å². The molecule has 7 nitrogen and oxygen atoms in total. The molecule has 0 unspecified atom stereocenters. The molecule has 0 fully saturated rings. The number of amides is 1. The van der Waals surface area contributed by atoms with E-state index in [1.165, 1.54) is 16.2 Å². The summed E-state index contributed by atoms with van der Waals surface area (Å²) in [5.41, 5.74) is 2.89. The molecule has 3 aromatic rings. The standard InChI is InChI=1S/C20H20N4O3S2/c1-29(26,27)20-22-15-7-3-4-8-16(15)24(20)11-10-18(25)23-19-14(12-21)13-6-2-5-9-17(13)28-19/h3-4,7-8H,2,5-6,9-11H2,1H3,(H,23,25). The number of fused-ring (bicyclic) bond motifs is 2. The molecule has 29 heavy (non-hydrogen) atoms. The fourth-order valence-electron chi connectivity index (χ4n) is 3.73. The summed E-state index contributed by atoms with van der Waals surface area (Å²) >= 11 is 1.48. The highest BCUT2D eigenvalue weighted by molar-refractivity contribution is 7.90. The van der Waals surface area contributed by atoms with Crippen LogP contribution in [0.3, 0.4) is 0 Å². The molecule has 0 saturated heterocycles. The van der Waals surface area contributed by atoms with E-state index >= 15 is 0 Å². The number of imidazole rings is 1. The normalized spacial score (nSPS) is 13.8. The average Bonchev–Trinajstić information content (AvgIpc) is 3.23. The molecule has 0 spiro atoms. The van der Waals surface area contributed by atoms with Gasteiger partial charge in [0.1, 0.15) is 11.1 Å². The largest absolute Gasteiger partial charge is 0.317 e. The third kappa shape index (κ3) is 3.78. The molecule has 1 aromatic carbocycles. The molecule has 0 aliphatic heterocycles. The second kappa shape index (κ2) is 7.61. The number of nitrogens with one attached hydrogen (secondary N) is 1. The lowest BCUT2D eigenvalue weighted by atomic mass is 9.96. The van der Waals surface area contributed by atoms with Crippen LogP contribution in [0.2, 0.25) is 0 Å². The first-order valence-corrected chi connectivity index (χ1v) is 12.1. The van der Waals surface area contributed by atoms with Gasteiger partial charge in [0, 0.05) is 24.1 Å². The predicted octanol–water partition coefficient (Wildman–Crippen LogP) is 3.28. The highest BCUT2D eigenvalue weighted by atomic mass is 32.2. The van der Waals surface area contributed by atoms with E-state index in [0.29, 0.717) is 21.6 Å². The maximum atomic E-state index is 12.6. The van der Waals surface area contributed by atoms with Crippen LogP contribution in [0.5, 0.6) is 0 Å². The van der Waals surface area contributed by atoms with Crippen molar-refractivity contribution in [2.24, 2.45) is 0 Å². The Hall–Kier alpha value is -2.70. The minimum Gasteiger partial charge on any atom is -0.317 e. The van der Waals surface area contributed by atoms with Gasteiger partial charge in [0.2, 0.25) is 20.9 Å². The zero-order valence-electron chi connectivity index (χ0n) is 15.9. The minimum atomic E-state index is -3.54. The maximum Gasteiger partial charge on any atom is 0.228 e. The van der Waals surface area contributed by atoms with Gasteiger partial charge in [0.05, 0.1) is 16.6 Å². The van der Waals surface area contributed by atoms with Gasteiger partial charge in [-0.3, -0.25) is 4.79 Å². The highest BCUT2D eigenvalue weighted by Gasteiger charge is 2.23. The van der Waals surface area contributed by atoms with Crippen molar-refractivity contribution in [3.05, 3.63) is 40.3 Å². The van der Waals surface area contributed by atoms with Crippen LogP contribution in [0.25, 0.3) is 11.0 Å². The number of benzene rings is 1. The van der Waals surface area contributed by atoms with Gasteiger partial charge in [-0.1, -0.05) is 12.1 Å². The van der Waals surface area contributed by atoms with Crippen molar-refractivity contribution in [3.63, 3.8) is 0 Å². The molecule has 1 amide bonds. The number of aromatic nitrogens is 2. The van der Waals surface area contributed by atoms with Crippen molar-refractivity contribution in [2.45, 2.75) is 43.8 Å². The first-order chi connectivity index (χ1) is 13.9. The number of thiophene rings is 1. The molecule has 2 heterocycles. The van der Waals surface area contributed by atoms with Crippen LogP contribution >= 0.6 is 11.3 Å². The van der Waals surface area contributed by atoms with E-state index in [-0.39, 0.29) is 24.0 Å². The second-order valence-corrected chi connectivity index (χ2v) is 10.1. The molecule has 0 saturated carbocycles. The number of aryl methyl sites for hydroxylation is 2. The zero-order valence-corrected chi connectivity index (χ0v) is 17.6. The summed E-state index contributed by atoms with van der Waals surface area (Å²) in [5, 5.41) is 12.9. The van der Waals surface area contributed by atoms with Crippen LogP contribution in [-0.4, -0.2) is 30.1 Å². The fourth-order valence-corrected chi connectivity index (χ4v) is 5.84. The Kier molecular flexibility index (Phi) is 5.15. The third-order valence-corrected chi connectivity index (χ3v) is 7.23. The van der Waals surface area contributed by atoms with Crippen LogP contribution in [0.1, 0.15) is 35.3 Å². The lowest BCUT2D eigenvalue weighted by molar-refractivity contribution is -0.116. The molecule has 9 heteroatoms. The number of hydrogen-bond acceptors (Lipinski definition) is 6. The molecule has 1 aliphatic carbocycles. The summed E-state index contributed by atoms with van der Waals surface area (Å²) in [4.78, 5) is 18.0. The smallest absolute Gasteiger partial charge is 0.228 e. The highest BCUT2D eigenvalue weighted by Crippen LogP contribution is 2.37. The number of para-hydroxylation sites is 2. The maximum absolute atomic E-state index is 12.6. The molecule has 0 radical (unpaired) electrons. The first kappa shape index (κ1) is 19.6. The molecule has 150 valence electrons. The predicted molar refractivity (Wildman–Crippen MR) is 112 cm³/mol. The first-order valence-electron chi connectivity index (χ1n) is 9.38. The van der Waals surface area contributed by atoms with Gasteiger partial charge in [-0.2, -0.15) is 5.26 Å². The van der Waals surface area contributed by atoms with E-state index in [4.69, 9.17) is 0 Å². The molecule has 4 rings (SSSR count). The van der Waals surface area contributed by atoms with Gasteiger partial charge in [-0.05, 0) is 43.4 Å². The zero-order chi connectivity index (χ0) is 20.6. The van der Waals surface area contributed by atoms with Crippen LogP contribution in [0.15, 0.2) is 29.4 Å². The minimum absolute atomic E-state index is 0.0456. The van der Waals surface area contributed by atoms with Gasteiger partial charge in [0.15, 0.2) is 0 Å². The van der Waals surface area contributed by atoms with E-state index in [1.807, 2.05) is 6.07 Å². The van der Waals surface area contributed by atoms with Gasteiger partial charge in [0.25, 0.3) is 0 Å². The van der Waals surface area contributed by atoms with Crippen LogP contribution in [0, 0.1) is 11.3 Å². The number of rotatable bonds is 5. The van der Waals surface area contributed by atoms with E-state index in [9.17, 15) is 18.5 Å². The molecule has 0 atom stereocenters. The average molecular weight is 429 g/mol. The SMILES string of the molecule is CS(=O)(=O)c1nc2ccccc2n1CCC(=O)Nc1sc2c(c1C#N)CCCC2. The topological polar surface area (TPSA) is 105 Å². The Morgan fingerprint density at radius 1 is 1.31 bits per heavy atom. The summed E-state index contributed by atoms with van der Waals surface area (Å²) in [7, 11) is -3.54. The van der Waals surface area contributed by atoms with Crippen molar-refractivity contribution in [3.8, 4) is 6.07 Å². The van der Waals surface area contributed by atoms with Crippen molar-refractivity contribution >= 4 is 43.1 Å². The monoisotopic (exact) mass is 428 g/mol. The summed E-state index contributed by atoms with van der Waals surface area (Å²) in [6.07, 6.45) is 5.19. The van der Waals surface area contributed by atoms with Crippen molar-refractivity contribution in [1.82, 2.24) is 9.55 Å². The number of nitriles is 1. The van der Waals surface area contributed by atoms with Gasteiger partial charge in [-0.25, -0.2) is 13.4 Å². The third-order valence-electron chi connectivity index (χ3n) is 5.05. The summed E-state index contributed by atoms with van der Waals surface area (Å²) in [6.45, 7) is 0.182. The molecular formula is C20H20N4O3S2. The van der Waals surface area contributed by atoms with E-state index in [1.54, 1.807) is 22.8 Å². The van der Waals surface area contributed by atoms with Crippen LogP contribution in [0.4, 0.5) is 5.00 Å². The lowest BCUT2D eigenvalue weighted by Crippen LogP contribution is -2.16.